The largest absolute Gasteiger partial charge is 0.497 e. The fourth-order valence-corrected chi connectivity index (χ4v) is 1.98. The van der Waals surface area contributed by atoms with Gasteiger partial charge in [0.25, 0.3) is 0 Å². The Morgan fingerprint density at radius 3 is 2.74 bits per heavy atom. The summed E-state index contributed by atoms with van der Waals surface area (Å²) in [6.07, 6.45) is 1.53. The minimum atomic E-state index is -1.16. The molecule has 5 heteroatoms. The van der Waals surface area contributed by atoms with Gasteiger partial charge < -0.3 is 15.2 Å². The highest BCUT2D eigenvalue weighted by molar-refractivity contribution is 6.04. The molecule has 0 bridgehead atoms. The first-order valence-electron chi connectivity index (χ1n) is 6.23. The van der Waals surface area contributed by atoms with E-state index < -0.39 is 11.4 Å². The van der Waals surface area contributed by atoms with Crippen molar-refractivity contribution in [1.82, 2.24) is 5.32 Å². The Kier molecular flexibility index (Phi) is 3.74. The van der Waals surface area contributed by atoms with Gasteiger partial charge in [-0.15, -0.1) is 0 Å². The summed E-state index contributed by atoms with van der Waals surface area (Å²) in [7, 11) is 1.60. The van der Waals surface area contributed by atoms with Gasteiger partial charge in [0.2, 0.25) is 5.91 Å². The molecular weight excluding hydrogens is 246 g/mol. The number of amides is 1. The van der Waals surface area contributed by atoms with Crippen LogP contribution in [-0.4, -0.2) is 30.6 Å². The van der Waals surface area contributed by atoms with E-state index in [1.165, 1.54) is 0 Å². The number of hydrogen-bond acceptors (Lipinski definition) is 3. The molecule has 0 aromatic heterocycles. The van der Waals surface area contributed by atoms with E-state index in [4.69, 9.17) is 9.84 Å². The molecule has 1 saturated carbocycles. The molecule has 2 N–H and O–H groups in total. The molecule has 1 aromatic rings. The number of benzene rings is 1. The van der Waals surface area contributed by atoms with E-state index in [-0.39, 0.29) is 5.91 Å². The molecule has 19 heavy (non-hydrogen) atoms. The standard InChI is InChI=1S/C14H17NO4/c1-19-11-4-2-3-10(9-11)5-8-15-12(16)14(6-7-14)13(17)18/h2-4,9H,5-8H2,1H3,(H,15,16)(H,17,18). The topological polar surface area (TPSA) is 75.6 Å². The monoisotopic (exact) mass is 263 g/mol. The molecule has 0 heterocycles. The predicted octanol–water partition coefficient (Wildman–Crippen LogP) is 1.22. The number of ether oxygens (including phenoxy) is 1. The molecule has 0 radical (unpaired) electrons. The maximum absolute atomic E-state index is 11.8. The van der Waals surface area contributed by atoms with Crippen LogP contribution >= 0.6 is 0 Å². The molecule has 0 aliphatic heterocycles. The quantitative estimate of drug-likeness (QED) is 0.757. The van der Waals surface area contributed by atoms with Crippen molar-refractivity contribution in [2.45, 2.75) is 19.3 Å². The zero-order valence-electron chi connectivity index (χ0n) is 10.8. The second kappa shape index (κ2) is 5.30. The van der Waals surface area contributed by atoms with Gasteiger partial charge in [-0.05, 0) is 37.0 Å². The summed E-state index contributed by atoms with van der Waals surface area (Å²) in [5.74, 6) is -0.623. The third-order valence-electron chi connectivity index (χ3n) is 3.43. The van der Waals surface area contributed by atoms with Gasteiger partial charge in [0, 0.05) is 6.54 Å². The first-order valence-corrected chi connectivity index (χ1v) is 6.23. The van der Waals surface area contributed by atoms with Crippen molar-refractivity contribution in [2.75, 3.05) is 13.7 Å². The van der Waals surface area contributed by atoms with Crippen LogP contribution in [0.15, 0.2) is 24.3 Å². The Balaban J connectivity index is 1.83. The van der Waals surface area contributed by atoms with Crippen molar-refractivity contribution in [3.05, 3.63) is 29.8 Å². The van der Waals surface area contributed by atoms with Crippen molar-refractivity contribution in [3.63, 3.8) is 0 Å². The lowest BCUT2D eigenvalue weighted by Gasteiger charge is -2.11. The van der Waals surface area contributed by atoms with Crippen LogP contribution in [0.25, 0.3) is 0 Å². The van der Waals surface area contributed by atoms with Crippen LogP contribution in [0.5, 0.6) is 5.75 Å². The molecule has 0 atom stereocenters. The fraction of sp³-hybridized carbons (Fsp3) is 0.429. The second-order valence-electron chi connectivity index (χ2n) is 4.74. The molecule has 5 nitrogen and oxygen atoms in total. The molecule has 1 amide bonds. The van der Waals surface area contributed by atoms with E-state index in [2.05, 4.69) is 5.32 Å². The highest BCUT2D eigenvalue weighted by atomic mass is 16.5. The minimum Gasteiger partial charge on any atom is -0.497 e. The lowest BCUT2D eigenvalue weighted by molar-refractivity contribution is -0.149. The number of rotatable bonds is 6. The lowest BCUT2D eigenvalue weighted by atomic mass is 10.1. The molecule has 0 unspecified atom stereocenters. The molecule has 0 saturated heterocycles. The molecule has 0 spiro atoms. The second-order valence-corrected chi connectivity index (χ2v) is 4.74. The Bertz CT molecular complexity index is 494. The Morgan fingerprint density at radius 1 is 1.42 bits per heavy atom. The number of carbonyl (C=O) groups is 2. The highest BCUT2D eigenvalue weighted by Gasteiger charge is 2.56. The number of carboxylic acid groups (broad SMARTS) is 1. The first kappa shape index (κ1) is 13.4. The van der Waals surface area contributed by atoms with Gasteiger partial charge in [-0.3, -0.25) is 9.59 Å². The Labute approximate surface area is 111 Å². The third kappa shape index (κ3) is 2.86. The zero-order chi connectivity index (χ0) is 13.9. The Hall–Kier alpha value is -2.04. The highest BCUT2D eigenvalue weighted by Crippen LogP contribution is 2.45. The van der Waals surface area contributed by atoms with E-state index in [9.17, 15) is 9.59 Å². The maximum Gasteiger partial charge on any atom is 0.319 e. The number of aliphatic carboxylic acids is 1. The molecule has 102 valence electrons. The van der Waals surface area contributed by atoms with Gasteiger partial charge >= 0.3 is 5.97 Å². The number of methoxy groups -OCH3 is 1. The normalized spacial score (nSPS) is 15.6. The predicted molar refractivity (Wildman–Crippen MR) is 69.0 cm³/mol. The molecule has 1 aliphatic rings. The van der Waals surface area contributed by atoms with Gasteiger partial charge in [0.1, 0.15) is 11.2 Å². The third-order valence-corrected chi connectivity index (χ3v) is 3.43. The van der Waals surface area contributed by atoms with Crippen LogP contribution in [0, 0.1) is 5.41 Å². The number of carboxylic acids is 1. The van der Waals surface area contributed by atoms with E-state index >= 15 is 0 Å². The van der Waals surface area contributed by atoms with Crippen molar-refractivity contribution in [3.8, 4) is 5.75 Å². The van der Waals surface area contributed by atoms with E-state index in [0.717, 1.165) is 11.3 Å². The number of hydrogen-bond donors (Lipinski definition) is 2. The average molecular weight is 263 g/mol. The average Bonchev–Trinajstić information content (AvgIpc) is 3.20. The van der Waals surface area contributed by atoms with Gasteiger partial charge in [-0.1, -0.05) is 12.1 Å². The van der Waals surface area contributed by atoms with Gasteiger partial charge in [-0.25, -0.2) is 0 Å². The number of nitrogens with one attached hydrogen (secondary N) is 1. The minimum absolute atomic E-state index is 0.372. The first-order chi connectivity index (χ1) is 9.08. The summed E-state index contributed by atoms with van der Waals surface area (Å²) in [6, 6.07) is 7.58. The van der Waals surface area contributed by atoms with E-state index in [1.807, 2.05) is 24.3 Å². The van der Waals surface area contributed by atoms with Crippen LogP contribution in [-0.2, 0) is 16.0 Å². The van der Waals surface area contributed by atoms with Gasteiger partial charge in [-0.2, -0.15) is 0 Å². The zero-order valence-corrected chi connectivity index (χ0v) is 10.8. The fourth-order valence-electron chi connectivity index (χ4n) is 1.98. The van der Waals surface area contributed by atoms with Crippen LogP contribution < -0.4 is 10.1 Å². The van der Waals surface area contributed by atoms with E-state index in [0.29, 0.717) is 25.8 Å². The molecule has 2 rings (SSSR count). The van der Waals surface area contributed by atoms with E-state index in [1.54, 1.807) is 7.11 Å². The molecule has 1 aromatic carbocycles. The smallest absolute Gasteiger partial charge is 0.319 e. The van der Waals surface area contributed by atoms with Crippen LogP contribution in [0.2, 0.25) is 0 Å². The summed E-state index contributed by atoms with van der Waals surface area (Å²) in [5, 5.41) is 11.7. The SMILES string of the molecule is COc1cccc(CCNC(=O)C2(C(=O)O)CC2)c1. The summed E-state index contributed by atoms with van der Waals surface area (Å²) in [5.41, 5.74) is -0.117. The van der Waals surface area contributed by atoms with Crippen molar-refractivity contribution in [1.29, 1.82) is 0 Å². The van der Waals surface area contributed by atoms with Crippen molar-refractivity contribution < 1.29 is 19.4 Å². The van der Waals surface area contributed by atoms with Crippen molar-refractivity contribution >= 4 is 11.9 Å². The van der Waals surface area contributed by atoms with Crippen LogP contribution in [0.4, 0.5) is 0 Å². The molecular formula is C14H17NO4. The van der Waals surface area contributed by atoms with Gasteiger partial charge in [0.05, 0.1) is 7.11 Å². The number of carbonyl (C=O) groups excluding carboxylic acids is 1. The lowest BCUT2D eigenvalue weighted by Crippen LogP contribution is -2.37. The maximum atomic E-state index is 11.8. The summed E-state index contributed by atoms with van der Waals surface area (Å²) < 4.78 is 5.11. The molecule has 1 aliphatic carbocycles. The van der Waals surface area contributed by atoms with Crippen LogP contribution in [0.1, 0.15) is 18.4 Å². The summed E-state index contributed by atoms with van der Waals surface area (Å²) in [6.45, 7) is 0.432. The summed E-state index contributed by atoms with van der Waals surface area (Å²) in [4.78, 5) is 22.7. The van der Waals surface area contributed by atoms with Crippen LogP contribution in [0.3, 0.4) is 0 Å². The molecule has 1 fully saturated rings. The Morgan fingerprint density at radius 2 is 2.16 bits per heavy atom. The van der Waals surface area contributed by atoms with Crippen molar-refractivity contribution in [2.24, 2.45) is 5.41 Å². The van der Waals surface area contributed by atoms with Gasteiger partial charge in [0.15, 0.2) is 0 Å². The summed E-state index contributed by atoms with van der Waals surface area (Å²) >= 11 is 0.